The van der Waals surface area contributed by atoms with Crippen molar-refractivity contribution >= 4 is 11.9 Å². The van der Waals surface area contributed by atoms with Crippen LogP contribution in [0.5, 0.6) is 5.88 Å². The summed E-state index contributed by atoms with van der Waals surface area (Å²) in [5.74, 6) is 1.37. The van der Waals surface area contributed by atoms with E-state index in [1.807, 2.05) is 4.90 Å². The second-order valence-corrected chi connectivity index (χ2v) is 5.62. The van der Waals surface area contributed by atoms with Crippen LogP contribution in [0.15, 0.2) is 24.5 Å². The lowest BCUT2D eigenvalue weighted by molar-refractivity contribution is 0.0739. The van der Waals surface area contributed by atoms with Crippen molar-refractivity contribution in [1.82, 2.24) is 24.6 Å². The van der Waals surface area contributed by atoms with Gasteiger partial charge in [0, 0.05) is 57.6 Å². The molecule has 1 fully saturated rings. The number of ether oxygens (including phenoxy) is 1. The van der Waals surface area contributed by atoms with Gasteiger partial charge < -0.3 is 14.5 Å². The van der Waals surface area contributed by atoms with Crippen LogP contribution in [0.2, 0.25) is 0 Å². The third-order valence-corrected chi connectivity index (χ3v) is 4.13. The Hall–Kier alpha value is -2.64. The van der Waals surface area contributed by atoms with Crippen molar-refractivity contribution in [3.63, 3.8) is 0 Å². The summed E-state index contributed by atoms with van der Waals surface area (Å²) in [4.78, 5) is 25.0. The van der Waals surface area contributed by atoms with E-state index in [0.717, 1.165) is 26.1 Å². The molecule has 4 heterocycles. The molecule has 2 aromatic heterocycles. The van der Waals surface area contributed by atoms with Gasteiger partial charge in [-0.3, -0.25) is 4.79 Å². The predicted molar refractivity (Wildman–Crippen MR) is 82.5 cm³/mol. The number of amides is 1. The maximum atomic E-state index is 12.6. The van der Waals surface area contributed by atoms with Crippen LogP contribution in [0.3, 0.4) is 0 Å². The van der Waals surface area contributed by atoms with E-state index >= 15 is 0 Å². The molecule has 0 saturated carbocycles. The zero-order chi connectivity index (χ0) is 15.6. The predicted octanol–water partition coefficient (Wildman–Crippen LogP) is 0.418. The Labute approximate surface area is 133 Å². The molecule has 120 valence electrons. The highest BCUT2D eigenvalue weighted by Crippen LogP contribution is 2.20. The zero-order valence-electron chi connectivity index (χ0n) is 12.8. The Bertz CT molecular complexity index is 670. The average molecular weight is 314 g/mol. The second-order valence-electron chi connectivity index (χ2n) is 5.62. The summed E-state index contributed by atoms with van der Waals surface area (Å²) in [5, 5.41) is 4.37. The Kier molecular flexibility index (Phi) is 3.57. The van der Waals surface area contributed by atoms with Crippen LogP contribution in [-0.4, -0.2) is 63.3 Å². The molecule has 8 heteroatoms. The largest absolute Gasteiger partial charge is 0.478 e. The molecule has 0 radical (unpaired) electrons. The van der Waals surface area contributed by atoms with E-state index in [-0.39, 0.29) is 5.91 Å². The molecular weight excluding hydrogens is 296 g/mol. The number of carbonyl (C=O) groups excluding carboxylic acids is 1. The maximum absolute atomic E-state index is 12.6. The minimum Gasteiger partial charge on any atom is -0.478 e. The monoisotopic (exact) mass is 314 g/mol. The summed E-state index contributed by atoms with van der Waals surface area (Å²) in [6.45, 7) is 4.22. The quantitative estimate of drug-likeness (QED) is 0.799. The highest BCUT2D eigenvalue weighted by atomic mass is 16.5. The number of rotatable bonds is 2. The summed E-state index contributed by atoms with van der Waals surface area (Å²) in [6, 6.07) is 3.54. The van der Waals surface area contributed by atoms with Gasteiger partial charge in [0.05, 0.1) is 6.61 Å². The van der Waals surface area contributed by atoms with Crippen LogP contribution >= 0.6 is 0 Å². The van der Waals surface area contributed by atoms with Gasteiger partial charge in [-0.1, -0.05) is 0 Å². The summed E-state index contributed by atoms with van der Waals surface area (Å²) < 4.78 is 7.29. The SMILES string of the molecule is O=C(c1cc2n(n1)CCCO2)N1CCN(c2ncccn2)CC1. The number of hydrogen-bond acceptors (Lipinski definition) is 6. The first kappa shape index (κ1) is 14.0. The summed E-state index contributed by atoms with van der Waals surface area (Å²) >= 11 is 0. The first-order valence-electron chi connectivity index (χ1n) is 7.83. The lowest BCUT2D eigenvalue weighted by Gasteiger charge is -2.34. The Morgan fingerprint density at radius 1 is 1.09 bits per heavy atom. The van der Waals surface area contributed by atoms with E-state index in [1.165, 1.54) is 0 Å². The number of piperazine rings is 1. The molecule has 1 saturated heterocycles. The molecule has 4 rings (SSSR count). The van der Waals surface area contributed by atoms with Crippen LogP contribution < -0.4 is 9.64 Å². The highest BCUT2D eigenvalue weighted by molar-refractivity contribution is 5.92. The maximum Gasteiger partial charge on any atom is 0.274 e. The van der Waals surface area contributed by atoms with E-state index in [2.05, 4.69) is 20.0 Å². The molecule has 0 aliphatic carbocycles. The van der Waals surface area contributed by atoms with Crippen molar-refractivity contribution in [2.45, 2.75) is 13.0 Å². The molecule has 2 aliphatic rings. The van der Waals surface area contributed by atoms with Crippen LogP contribution in [0.25, 0.3) is 0 Å². The molecule has 1 amide bonds. The first-order chi connectivity index (χ1) is 11.3. The molecule has 0 spiro atoms. The van der Waals surface area contributed by atoms with Gasteiger partial charge in [0.25, 0.3) is 5.91 Å². The van der Waals surface area contributed by atoms with Crippen molar-refractivity contribution in [2.24, 2.45) is 0 Å². The van der Waals surface area contributed by atoms with E-state index in [9.17, 15) is 4.79 Å². The van der Waals surface area contributed by atoms with Gasteiger partial charge in [0.15, 0.2) is 5.69 Å². The minimum atomic E-state index is -0.0378. The number of aromatic nitrogens is 4. The van der Waals surface area contributed by atoms with Crippen molar-refractivity contribution in [3.8, 4) is 5.88 Å². The molecular formula is C15H18N6O2. The Morgan fingerprint density at radius 3 is 2.61 bits per heavy atom. The van der Waals surface area contributed by atoms with Gasteiger partial charge in [-0.05, 0) is 6.07 Å². The molecule has 0 unspecified atom stereocenters. The number of hydrogen-bond donors (Lipinski definition) is 0. The van der Waals surface area contributed by atoms with E-state index < -0.39 is 0 Å². The van der Waals surface area contributed by atoms with Gasteiger partial charge in [0.2, 0.25) is 11.8 Å². The molecule has 2 aliphatic heterocycles. The highest BCUT2D eigenvalue weighted by Gasteiger charge is 2.26. The lowest BCUT2D eigenvalue weighted by atomic mass is 10.3. The minimum absolute atomic E-state index is 0.0378. The lowest BCUT2D eigenvalue weighted by Crippen LogP contribution is -2.49. The molecule has 8 nitrogen and oxygen atoms in total. The van der Waals surface area contributed by atoms with E-state index in [4.69, 9.17) is 4.74 Å². The molecule has 0 N–H and O–H groups in total. The van der Waals surface area contributed by atoms with E-state index in [1.54, 1.807) is 29.2 Å². The van der Waals surface area contributed by atoms with Crippen LogP contribution in [0, 0.1) is 0 Å². The number of anilines is 1. The van der Waals surface area contributed by atoms with Crippen molar-refractivity contribution in [3.05, 3.63) is 30.2 Å². The third kappa shape index (κ3) is 2.71. The molecule has 0 atom stereocenters. The van der Waals surface area contributed by atoms with E-state index in [0.29, 0.717) is 37.2 Å². The van der Waals surface area contributed by atoms with Gasteiger partial charge in [-0.2, -0.15) is 5.10 Å². The fourth-order valence-electron chi connectivity index (χ4n) is 2.90. The smallest absolute Gasteiger partial charge is 0.274 e. The summed E-state index contributed by atoms with van der Waals surface area (Å²) in [7, 11) is 0. The summed E-state index contributed by atoms with van der Waals surface area (Å²) in [5.41, 5.74) is 0.464. The molecule has 0 bridgehead atoms. The average Bonchev–Trinajstić information content (AvgIpc) is 3.06. The number of nitrogens with zero attached hydrogens (tertiary/aromatic N) is 6. The first-order valence-corrected chi connectivity index (χ1v) is 7.83. The molecule has 2 aromatic rings. The standard InChI is InChI=1S/C15H18N6O2/c22-14(12-11-13-21(18-12)5-2-10-23-13)19-6-8-20(9-7-19)15-16-3-1-4-17-15/h1,3-4,11H,2,5-10H2. The molecule has 0 aromatic carbocycles. The number of carbonyl (C=O) groups is 1. The number of fused-ring (bicyclic) bond motifs is 1. The van der Waals surface area contributed by atoms with Crippen LogP contribution in [0.1, 0.15) is 16.9 Å². The van der Waals surface area contributed by atoms with Crippen molar-refractivity contribution < 1.29 is 9.53 Å². The van der Waals surface area contributed by atoms with Gasteiger partial charge in [-0.15, -0.1) is 0 Å². The third-order valence-electron chi connectivity index (χ3n) is 4.13. The fourth-order valence-corrected chi connectivity index (χ4v) is 2.90. The Balaban J connectivity index is 1.42. The normalized spacial score (nSPS) is 17.6. The Morgan fingerprint density at radius 2 is 1.87 bits per heavy atom. The van der Waals surface area contributed by atoms with Gasteiger partial charge >= 0.3 is 0 Å². The van der Waals surface area contributed by atoms with Crippen molar-refractivity contribution in [1.29, 1.82) is 0 Å². The summed E-state index contributed by atoms with van der Waals surface area (Å²) in [6.07, 6.45) is 4.39. The van der Waals surface area contributed by atoms with Crippen LogP contribution in [0.4, 0.5) is 5.95 Å². The molecule has 23 heavy (non-hydrogen) atoms. The van der Waals surface area contributed by atoms with Gasteiger partial charge in [0.1, 0.15) is 0 Å². The topological polar surface area (TPSA) is 76.4 Å². The fraction of sp³-hybridized carbons (Fsp3) is 0.467. The number of aryl methyl sites for hydroxylation is 1. The van der Waals surface area contributed by atoms with Crippen molar-refractivity contribution in [2.75, 3.05) is 37.7 Å². The van der Waals surface area contributed by atoms with Gasteiger partial charge in [-0.25, -0.2) is 14.6 Å². The zero-order valence-corrected chi connectivity index (χ0v) is 12.8. The second kappa shape index (κ2) is 5.86. The van der Waals surface area contributed by atoms with Crippen LogP contribution in [-0.2, 0) is 6.54 Å².